The molecule has 0 bridgehead atoms. The summed E-state index contributed by atoms with van der Waals surface area (Å²) in [5.41, 5.74) is 6.12. The molecular weight excluding hydrogens is 410 g/mol. The van der Waals surface area contributed by atoms with Crippen LogP contribution in [-0.4, -0.2) is 41.9 Å². The van der Waals surface area contributed by atoms with Gasteiger partial charge in [0.25, 0.3) is 0 Å². The van der Waals surface area contributed by atoms with E-state index in [9.17, 15) is 4.79 Å². The van der Waals surface area contributed by atoms with Crippen LogP contribution in [-0.2, 0) is 11.3 Å². The van der Waals surface area contributed by atoms with Crippen LogP contribution in [0.15, 0.2) is 50.2 Å². The lowest BCUT2D eigenvalue weighted by Gasteiger charge is -2.15. The summed E-state index contributed by atoms with van der Waals surface area (Å²) in [6, 6.07) is 9.63. The maximum Gasteiger partial charge on any atom is 0.221 e. The van der Waals surface area contributed by atoms with Crippen molar-refractivity contribution >= 4 is 35.1 Å². The lowest BCUT2D eigenvalue weighted by Crippen LogP contribution is -2.26. The maximum atomic E-state index is 11.1. The molecule has 2 aromatic rings. The second-order valence-electron chi connectivity index (χ2n) is 5.74. The zero-order valence-corrected chi connectivity index (χ0v) is 20.8. The Morgan fingerprint density at radius 3 is 2.23 bits per heavy atom. The second kappa shape index (κ2) is 16.1. The van der Waals surface area contributed by atoms with Crippen molar-refractivity contribution in [1.29, 1.82) is 0 Å². The third-order valence-corrected chi connectivity index (χ3v) is 4.56. The zero-order valence-electron chi connectivity index (χ0n) is 20.0. The van der Waals surface area contributed by atoms with Crippen molar-refractivity contribution in [3.8, 4) is 0 Å². The normalized spacial score (nSPS) is 11.0. The van der Waals surface area contributed by atoms with Crippen LogP contribution in [0.2, 0.25) is 0 Å². The first-order valence-corrected chi connectivity index (χ1v) is 11.2. The molecule has 1 aromatic heterocycles. The minimum Gasteiger partial charge on any atom is -0.333 e. The lowest BCUT2D eigenvalue weighted by molar-refractivity contribution is -0.114. The summed E-state index contributed by atoms with van der Waals surface area (Å²) >= 11 is 1.54. The van der Waals surface area contributed by atoms with Crippen molar-refractivity contribution in [2.24, 2.45) is 15.7 Å². The van der Waals surface area contributed by atoms with E-state index < -0.39 is 0 Å². The Balaban J connectivity index is 0.00000212. The molecule has 1 aromatic carbocycles. The van der Waals surface area contributed by atoms with Crippen LogP contribution in [0.1, 0.15) is 41.5 Å². The molecule has 0 radical (unpaired) electrons. The number of benzene rings is 1. The van der Waals surface area contributed by atoms with Gasteiger partial charge in [-0.25, -0.2) is 4.98 Å². The molecule has 0 saturated heterocycles. The van der Waals surface area contributed by atoms with E-state index >= 15 is 0 Å². The molecule has 0 fully saturated rings. The van der Waals surface area contributed by atoms with E-state index in [2.05, 4.69) is 33.3 Å². The number of anilines is 2. The quantitative estimate of drug-likeness (QED) is 0.352. The highest BCUT2D eigenvalue weighted by Crippen LogP contribution is 2.27. The van der Waals surface area contributed by atoms with Crippen molar-refractivity contribution in [1.82, 2.24) is 9.55 Å². The van der Waals surface area contributed by atoms with Gasteiger partial charge in [-0.3, -0.25) is 19.3 Å². The molecule has 0 aliphatic heterocycles. The van der Waals surface area contributed by atoms with Crippen LogP contribution >= 0.6 is 11.8 Å². The summed E-state index contributed by atoms with van der Waals surface area (Å²) in [4.78, 5) is 25.7. The molecule has 4 N–H and O–H groups in total. The van der Waals surface area contributed by atoms with Gasteiger partial charge in [-0.15, -0.1) is 0 Å². The Bertz CT molecular complexity index is 890. The fourth-order valence-corrected chi connectivity index (χ4v) is 3.32. The fraction of sp³-hybridized carbons (Fsp3) is 0.455. The highest BCUT2D eigenvalue weighted by atomic mass is 32.2. The van der Waals surface area contributed by atoms with Crippen LogP contribution < -0.4 is 21.9 Å². The molecule has 0 unspecified atom stereocenters. The number of nitrogens with one attached hydrogen (secondary N) is 2. The molecule has 8 nitrogen and oxygen atoms in total. The average Bonchev–Trinajstić information content (AvgIpc) is 2.77. The molecule has 31 heavy (non-hydrogen) atoms. The van der Waals surface area contributed by atoms with Gasteiger partial charge in [0.1, 0.15) is 10.5 Å². The third-order valence-electron chi connectivity index (χ3n) is 3.63. The standard InChI is InChI=1S/C19H26N6OS.C2H6.CH5N/c1-6-21-13(3)22-19-24-18(12-17(20-5)25(19)7-2)27-16-10-8-15(9-11-16)23-14(4)26;2*1-2/h8-12H,6-7H2,1-5H3,(H,23,26)(H,21,22,24);1-2H3;2H2,1H3. The van der Waals surface area contributed by atoms with Gasteiger partial charge in [-0.1, -0.05) is 25.6 Å². The summed E-state index contributed by atoms with van der Waals surface area (Å²) in [5, 5.41) is 6.87. The molecule has 1 heterocycles. The van der Waals surface area contributed by atoms with Gasteiger partial charge in [-0.2, -0.15) is 0 Å². The molecule has 172 valence electrons. The van der Waals surface area contributed by atoms with Crippen molar-refractivity contribution in [2.75, 3.05) is 31.3 Å². The molecule has 0 aliphatic carbocycles. The van der Waals surface area contributed by atoms with Crippen molar-refractivity contribution in [3.63, 3.8) is 0 Å². The highest BCUT2D eigenvalue weighted by Gasteiger charge is 2.09. The van der Waals surface area contributed by atoms with Gasteiger partial charge >= 0.3 is 0 Å². The number of carbonyl (C=O) groups is 1. The Morgan fingerprint density at radius 1 is 1.13 bits per heavy atom. The topological polar surface area (TPSA) is 110 Å². The van der Waals surface area contributed by atoms with Crippen molar-refractivity contribution < 1.29 is 4.79 Å². The van der Waals surface area contributed by atoms with Crippen LogP contribution in [0.4, 0.5) is 11.6 Å². The average molecular weight is 448 g/mol. The Kier molecular flexibility index (Phi) is 14.7. The van der Waals surface area contributed by atoms with Gasteiger partial charge < -0.3 is 16.4 Å². The maximum absolute atomic E-state index is 11.1. The minimum absolute atomic E-state index is 0.0849. The molecule has 2 rings (SSSR count). The summed E-state index contributed by atoms with van der Waals surface area (Å²) in [7, 11) is 3.27. The van der Waals surface area contributed by atoms with Gasteiger partial charge in [0.2, 0.25) is 11.9 Å². The fourth-order valence-electron chi connectivity index (χ4n) is 2.51. The summed E-state index contributed by atoms with van der Waals surface area (Å²) in [6.07, 6.45) is 0. The monoisotopic (exact) mass is 447 g/mol. The van der Waals surface area contributed by atoms with E-state index in [-0.39, 0.29) is 5.91 Å². The van der Waals surface area contributed by atoms with Gasteiger partial charge in [0, 0.05) is 43.7 Å². The molecule has 1 amide bonds. The van der Waals surface area contributed by atoms with E-state index in [1.54, 1.807) is 18.8 Å². The number of nitrogens with zero attached hydrogens (tertiary/aromatic N) is 4. The Hall–Kier alpha value is -2.65. The first kappa shape index (κ1) is 28.4. The second-order valence-corrected chi connectivity index (χ2v) is 6.83. The van der Waals surface area contributed by atoms with E-state index in [1.807, 2.05) is 62.6 Å². The largest absolute Gasteiger partial charge is 0.333 e. The van der Waals surface area contributed by atoms with E-state index in [1.165, 1.54) is 14.0 Å². The number of amides is 1. The number of hydrogen-bond donors (Lipinski definition) is 3. The van der Waals surface area contributed by atoms with E-state index in [0.29, 0.717) is 12.5 Å². The third kappa shape index (κ3) is 9.80. The first-order valence-electron chi connectivity index (χ1n) is 10.4. The number of rotatable bonds is 6. The molecule has 0 saturated carbocycles. The number of aromatic nitrogens is 2. The number of nitrogens with two attached hydrogens (primary N) is 1. The van der Waals surface area contributed by atoms with Crippen LogP contribution in [0.3, 0.4) is 0 Å². The van der Waals surface area contributed by atoms with Crippen LogP contribution in [0.25, 0.3) is 0 Å². The van der Waals surface area contributed by atoms with E-state index in [4.69, 9.17) is 4.98 Å². The zero-order chi connectivity index (χ0) is 23.8. The number of aliphatic imine (C=N–C) groups is 1. The Labute approximate surface area is 190 Å². The Morgan fingerprint density at radius 2 is 1.74 bits per heavy atom. The minimum atomic E-state index is -0.0849. The predicted molar refractivity (Wildman–Crippen MR) is 133 cm³/mol. The molecular formula is C22H37N7OS. The molecule has 9 heteroatoms. The molecule has 0 spiro atoms. The van der Waals surface area contributed by atoms with E-state index in [0.717, 1.165) is 33.5 Å². The van der Waals surface area contributed by atoms with Crippen molar-refractivity contribution in [3.05, 3.63) is 35.8 Å². The predicted octanol–water partition coefficient (Wildman–Crippen LogP) is 3.99. The number of amidine groups is 1. The molecule has 0 aliphatic rings. The van der Waals surface area contributed by atoms with Crippen LogP contribution in [0.5, 0.6) is 0 Å². The summed E-state index contributed by atoms with van der Waals surface area (Å²) in [5.74, 6) is 1.45. The number of hydrogen-bond acceptors (Lipinski definition) is 6. The van der Waals surface area contributed by atoms with Crippen molar-refractivity contribution in [2.45, 2.75) is 58.0 Å². The first-order chi connectivity index (χ1) is 15.0. The van der Waals surface area contributed by atoms with Gasteiger partial charge in [0.05, 0.1) is 5.84 Å². The summed E-state index contributed by atoms with van der Waals surface area (Å²) in [6.45, 7) is 12.9. The van der Waals surface area contributed by atoms with Gasteiger partial charge in [0.15, 0.2) is 0 Å². The highest BCUT2D eigenvalue weighted by molar-refractivity contribution is 7.99. The SMILES string of the molecule is CC.CCN=C(C)Nc1nc(Sc2ccc(NC(C)=O)cc2)cc(=NC)n1CC.CN. The van der Waals surface area contributed by atoms with Crippen LogP contribution in [0, 0.1) is 0 Å². The molecule has 0 atom stereocenters. The summed E-state index contributed by atoms with van der Waals surface area (Å²) < 4.78 is 2.01. The number of carbonyl (C=O) groups excluding carboxylic acids is 1. The smallest absolute Gasteiger partial charge is 0.221 e. The van der Waals surface area contributed by atoms with Gasteiger partial charge in [-0.05, 0) is 52.1 Å². The lowest BCUT2D eigenvalue weighted by atomic mass is 10.3.